The van der Waals surface area contributed by atoms with Crippen molar-refractivity contribution in [3.63, 3.8) is 0 Å². The number of primary amides is 1. The maximum atomic E-state index is 14.0. The summed E-state index contributed by atoms with van der Waals surface area (Å²) in [6, 6.07) is 18.9. The summed E-state index contributed by atoms with van der Waals surface area (Å²) >= 11 is 1.56. The molecule has 0 saturated carbocycles. The number of ether oxygens (including phenoxy) is 3. The van der Waals surface area contributed by atoms with Crippen molar-refractivity contribution in [2.75, 3.05) is 52.7 Å². The van der Waals surface area contributed by atoms with Gasteiger partial charge in [0.15, 0.2) is 0 Å². The quantitative estimate of drug-likeness (QED) is 0.0545. The monoisotopic (exact) mass is 991 g/mol. The fourth-order valence-electron chi connectivity index (χ4n) is 7.99. The second kappa shape index (κ2) is 24.3. The normalized spacial score (nSPS) is 15.2. The van der Waals surface area contributed by atoms with Crippen LogP contribution in [0.4, 0.5) is 0 Å². The molecule has 3 atom stereocenters. The Kier molecular flexibility index (Phi) is 17.8. The summed E-state index contributed by atoms with van der Waals surface area (Å²) in [5.41, 5.74) is 12.8. The van der Waals surface area contributed by atoms with Crippen LogP contribution in [-0.4, -0.2) is 140 Å². The highest BCUT2D eigenvalue weighted by Gasteiger charge is 2.44. The van der Waals surface area contributed by atoms with Crippen molar-refractivity contribution in [2.24, 2.45) is 11.1 Å². The van der Waals surface area contributed by atoms with Gasteiger partial charge in [0.25, 0.3) is 5.91 Å². The molecule has 3 unspecified atom stereocenters. The van der Waals surface area contributed by atoms with Crippen LogP contribution < -0.4 is 21.7 Å². The Balaban J connectivity index is 0.723. The molecule has 6 aromatic rings. The Labute approximate surface area is 415 Å². The lowest BCUT2D eigenvalue weighted by atomic mass is 9.85. The summed E-state index contributed by atoms with van der Waals surface area (Å²) in [6.07, 6.45) is 2.62. The van der Waals surface area contributed by atoms with E-state index in [-0.39, 0.29) is 51.4 Å². The molecule has 7 rings (SSSR count). The van der Waals surface area contributed by atoms with E-state index in [1.807, 2.05) is 73.9 Å². The van der Waals surface area contributed by atoms with E-state index in [9.17, 15) is 29.1 Å². The van der Waals surface area contributed by atoms with E-state index in [2.05, 4.69) is 36.3 Å². The maximum Gasteiger partial charge on any atom is 0.250 e. The third-order valence-electron chi connectivity index (χ3n) is 11.8. The number of hydrogen-bond acceptors (Lipinski definition) is 14. The minimum absolute atomic E-state index is 0.0434. The number of rotatable bonds is 24. The molecular weight excluding hydrogens is 931 g/mol. The Morgan fingerprint density at radius 1 is 0.859 bits per heavy atom. The van der Waals surface area contributed by atoms with Gasteiger partial charge in [-0.3, -0.25) is 24.0 Å². The molecule has 4 heterocycles. The Morgan fingerprint density at radius 2 is 1.55 bits per heavy atom. The molecule has 21 heteroatoms. The second-order valence-electron chi connectivity index (χ2n) is 18.2. The van der Waals surface area contributed by atoms with Gasteiger partial charge in [0.05, 0.1) is 85.8 Å². The Hall–Kier alpha value is -6.91. The first-order chi connectivity index (χ1) is 34.1. The summed E-state index contributed by atoms with van der Waals surface area (Å²) < 4.78 is 20.2. The van der Waals surface area contributed by atoms with Gasteiger partial charge in [-0.05, 0) is 41.7 Å². The highest BCUT2D eigenvalue weighted by Crippen LogP contribution is 2.29. The molecule has 1 fully saturated rings. The number of β-amino-alcohol motifs (C(OH)–C–C–N with tert-alkyl or cyclic N) is 1. The zero-order valence-corrected chi connectivity index (χ0v) is 41.2. The number of hydrogen-bond donors (Lipinski definition) is 5. The summed E-state index contributed by atoms with van der Waals surface area (Å²) in [6.45, 7) is 10.4. The SMILES string of the molecule is Cc1ncsc1-c1ccc(CNC(=O)C2CC(O)CN2C(=O)C(NC(=O)CCC(=O)NCCOCCOCCOCCn2cc(-c3ccc(-n4cc5cccc(C(N)=O)c5n4)cc3)nn2)C(C)(C)C)cc1. The number of amides is 5. The standard InChI is InChI=1S/C50H61N11O9S/c1-32-45(71-31-54-32)35-10-8-33(9-11-35)27-53-48(66)41-26-38(62)29-60(41)49(67)46(50(2,3)4)55-43(64)17-16-42(63)52-18-20-68-22-24-70-25-23-69-21-19-59-30-40(56-58-59)34-12-14-37(15-13-34)61-28-36-6-5-7-39(47(51)65)44(36)57-61/h5-15,28,30-31,38,41,46,62H,16-27,29H2,1-4H3,(H2,51,65)(H,52,63)(H,53,66)(H,55,64). The number of aliphatic hydroxyl groups excluding tert-OH is 1. The maximum absolute atomic E-state index is 14.0. The molecule has 0 spiro atoms. The van der Waals surface area contributed by atoms with E-state index in [1.54, 1.807) is 59.1 Å². The van der Waals surface area contributed by atoms with E-state index in [1.165, 1.54) is 4.90 Å². The fraction of sp³-hybridized carbons (Fsp3) is 0.420. The van der Waals surface area contributed by atoms with Gasteiger partial charge in [0.1, 0.15) is 23.3 Å². The third kappa shape index (κ3) is 14.1. The van der Waals surface area contributed by atoms with Gasteiger partial charge < -0.3 is 45.9 Å². The molecule has 3 aromatic heterocycles. The molecule has 376 valence electrons. The lowest BCUT2D eigenvalue weighted by Crippen LogP contribution is -2.57. The summed E-state index contributed by atoms with van der Waals surface area (Å²) in [4.78, 5) is 71.5. The van der Waals surface area contributed by atoms with Gasteiger partial charge in [0, 0.05) is 56.0 Å². The summed E-state index contributed by atoms with van der Waals surface area (Å²) in [7, 11) is 0. The Morgan fingerprint density at radius 3 is 2.24 bits per heavy atom. The molecule has 1 saturated heterocycles. The minimum Gasteiger partial charge on any atom is -0.391 e. The molecular formula is C50H61N11O9S. The second-order valence-corrected chi connectivity index (χ2v) is 19.1. The van der Waals surface area contributed by atoms with Crippen molar-refractivity contribution in [3.8, 4) is 27.4 Å². The number of benzene rings is 3. The highest BCUT2D eigenvalue weighted by molar-refractivity contribution is 7.13. The molecule has 0 bridgehead atoms. The molecule has 1 aliphatic heterocycles. The van der Waals surface area contributed by atoms with E-state index in [0.717, 1.165) is 38.3 Å². The van der Waals surface area contributed by atoms with Crippen molar-refractivity contribution >= 4 is 51.8 Å². The van der Waals surface area contributed by atoms with Crippen LogP contribution in [-0.2, 0) is 46.5 Å². The van der Waals surface area contributed by atoms with Gasteiger partial charge >= 0.3 is 0 Å². The number of carbonyl (C=O) groups excluding carboxylic acids is 5. The first-order valence-electron chi connectivity index (χ1n) is 23.5. The molecule has 71 heavy (non-hydrogen) atoms. The molecule has 5 amide bonds. The number of aryl methyl sites for hydroxylation is 1. The lowest BCUT2D eigenvalue weighted by molar-refractivity contribution is -0.144. The van der Waals surface area contributed by atoms with Crippen LogP contribution in [0.1, 0.15) is 61.6 Å². The number of nitrogens with two attached hydrogens (primary N) is 1. The van der Waals surface area contributed by atoms with Crippen molar-refractivity contribution in [1.29, 1.82) is 0 Å². The number of likely N-dealkylation sites (tertiary alicyclic amines) is 1. The zero-order valence-electron chi connectivity index (χ0n) is 40.3. The van der Waals surface area contributed by atoms with Crippen LogP contribution in [0.2, 0.25) is 0 Å². The molecule has 6 N–H and O–H groups in total. The number of aromatic nitrogens is 6. The molecule has 0 aliphatic carbocycles. The van der Waals surface area contributed by atoms with E-state index in [4.69, 9.17) is 19.9 Å². The predicted molar refractivity (Wildman–Crippen MR) is 265 cm³/mol. The van der Waals surface area contributed by atoms with Crippen LogP contribution in [0.5, 0.6) is 0 Å². The van der Waals surface area contributed by atoms with Gasteiger partial charge in [-0.1, -0.05) is 74.5 Å². The largest absolute Gasteiger partial charge is 0.391 e. The summed E-state index contributed by atoms with van der Waals surface area (Å²) in [5.74, 6) is -2.23. The van der Waals surface area contributed by atoms with Crippen molar-refractivity contribution in [2.45, 2.75) is 78.2 Å². The number of carbonyl (C=O) groups is 5. The van der Waals surface area contributed by atoms with Crippen molar-refractivity contribution in [3.05, 3.63) is 101 Å². The molecule has 1 aliphatic rings. The van der Waals surface area contributed by atoms with Crippen LogP contribution >= 0.6 is 11.3 Å². The average Bonchev–Trinajstić information content (AvgIpc) is 4.19. The van der Waals surface area contributed by atoms with Gasteiger partial charge in [-0.2, -0.15) is 5.10 Å². The van der Waals surface area contributed by atoms with Crippen LogP contribution in [0.3, 0.4) is 0 Å². The fourth-order valence-corrected chi connectivity index (χ4v) is 8.80. The number of nitrogens with one attached hydrogen (secondary N) is 3. The lowest BCUT2D eigenvalue weighted by Gasteiger charge is -2.35. The Bertz CT molecular complexity index is 2770. The van der Waals surface area contributed by atoms with Crippen molar-refractivity contribution in [1.82, 2.24) is 50.6 Å². The number of thiazole rings is 1. The average molecular weight is 992 g/mol. The number of fused-ring (bicyclic) bond motifs is 1. The van der Waals surface area contributed by atoms with Crippen LogP contribution in [0, 0.1) is 12.3 Å². The van der Waals surface area contributed by atoms with Crippen molar-refractivity contribution < 1.29 is 43.3 Å². The first-order valence-corrected chi connectivity index (χ1v) is 24.4. The first kappa shape index (κ1) is 51.9. The van der Waals surface area contributed by atoms with Gasteiger partial charge in [-0.25, -0.2) is 14.3 Å². The van der Waals surface area contributed by atoms with Crippen LogP contribution in [0.15, 0.2) is 84.6 Å². The van der Waals surface area contributed by atoms with E-state index in [0.29, 0.717) is 56.4 Å². The topological polar surface area (TPSA) is 260 Å². The van der Waals surface area contributed by atoms with Gasteiger partial charge in [0.2, 0.25) is 23.6 Å². The highest BCUT2D eigenvalue weighted by atomic mass is 32.1. The molecule has 0 radical (unpaired) electrons. The zero-order chi connectivity index (χ0) is 50.5. The third-order valence-corrected chi connectivity index (χ3v) is 12.8. The minimum atomic E-state index is -1.01. The number of nitrogens with zero attached hydrogens (tertiary/aromatic N) is 7. The van der Waals surface area contributed by atoms with E-state index >= 15 is 0 Å². The number of aliphatic hydroxyl groups is 1. The molecule has 3 aromatic carbocycles. The predicted octanol–water partition coefficient (Wildman–Crippen LogP) is 3.57. The van der Waals surface area contributed by atoms with Crippen LogP contribution in [0.25, 0.3) is 38.3 Å². The van der Waals surface area contributed by atoms with E-state index < -0.39 is 47.2 Å². The smallest absolute Gasteiger partial charge is 0.250 e. The molecule has 20 nitrogen and oxygen atoms in total. The van der Waals surface area contributed by atoms with Gasteiger partial charge in [-0.15, -0.1) is 16.4 Å². The summed E-state index contributed by atoms with van der Waals surface area (Å²) in [5, 5.41) is 32.8.